The molecule has 0 saturated heterocycles. The zero-order valence-electron chi connectivity index (χ0n) is 8.87. The first kappa shape index (κ1) is 12.2. The first-order valence-electron chi connectivity index (χ1n) is 5.13. The number of benzene rings is 1. The smallest absolute Gasteiger partial charge is 0.164 e. The van der Waals surface area contributed by atoms with Crippen LogP contribution in [0.3, 0.4) is 0 Å². The monoisotopic (exact) mass is 225 g/mol. The van der Waals surface area contributed by atoms with E-state index in [1.165, 1.54) is 0 Å². The van der Waals surface area contributed by atoms with Gasteiger partial charge in [-0.3, -0.25) is 4.79 Å². The van der Waals surface area contributed by atoms with Gasteiger partial charge in [-0.05, 0) is 31.0 Å². The van der Waals surface area contributed by atoms with Gasteiger partial charge in [-0.15, -0.1) is 0 Å². The summed E-state index contributed by atoms with van der Waals surface area (Å²) in [4.78, 5) is 11.8. The van der Waals surface area contributed by atoms with E-state index in [-0.39, 0.29) is 5.78 Å². The lowest BCUT2D eigenvalue weighted by molar-refractivity contribution is 0.0975. The second-order valence-corrected chi connectivity index (χ2v) is 4.19. The maximum Gasteiger partial charge on any atom is 0.164 e. The average molecular weight is 226 g/mol. The summed E-state index contributed by atoms with van der Waals surface area (Å²) in [7, 11) is 0. The molecule has 1 rings (SSSR count). The lowest BCUT2D eigenvalue weighted by atomic mass is 10.0. The van der Waals surface area contributed by atoms with Crippen LogP contribution in [0.2, 0.25) is 5.02 Å². The van der Waals surface area contributed by atoms with Gasteiger partial charge < -0.3 is 5.73 Å². The van der Waals surface area contributed by atoms with Crippen LogP contribution in [0, 0.1) is 5.92 Å². The van der Waals surface area contributed by atoms with Crippen LogP contribution in [-0.2, 0) is 0 Å². The van der Waals surface area contributed by atoms with Gasteiger partial charge in [0, 0.05) is 12.0 Å². The Labute approximate surface area is 95.4 Å². The Kier molecular flexibility index (Phi) is 4.79. The highest BCUT2D eigenvalue weighted by molar-refractivity contribution is 6.33. The first-order chi connectivity index (χ1) is 7.15. The van der Waals surface area contributed by atoms with Gasteiger partial charge >= 0.3 is 0 Å². The number of carbonyl (C=O) groups is 1. The number of rotatable bonds is 5. The fourth-order valence-corrected chi connectivity index (χ4v) is 1.56. The molecule has 0 bridgehead atoms. The van der Waals surface area contributed by atoms with Crippen molar-refractivity contribution in [3.63, 3.8) is 0 Å². The predicted molar refractivity (Wildman–Crippen MR) is 63.2 cm³/mol. The molecule has 2 nitrogen and oxygen atoms in total. The molecule has 2 N–H and O–H groups in total. The van der Waals surface area contributed by atoms with Crippen molar-refractivity contribution < 1.29 is 4.79 Å². The van der Waals surface area contributed by atoms with E-state index in [2.05, 4.69) is 0 Å². The van der Waals surface area contributed by atoms with Crippen molar-refractivity contribution >= 4 is 17.4 Å². The molecule has 0 aliphatic rings. The van der Waals surface area contributed by atoms with Gasteiger partial charge in [0.05, 0.1) is 5.02 Å². The molecule has 1 aromatic rings. The molecule has 1 unspecified atom stereocenters. The number of carbonyl (C=O) groups excluding carboxylic acids is 1. The van der Waals surface area contributed by atoms with Gasteiger partial charge in [0.25, 0.3) is 0 Å². The van der Waals surface area contributed by atoms with E-state index in [0.717, 1.165) is 6.42 Å². The van der Waals surface area contributed by atoms with Gasteiger partial charge in [-0.25, -0.2) is 0 Å². The zero-order chi connectivity index (χ0) is 11.3. The van der Waals surface area contributed by atoms with Crippen LogP contribution in [0.15, 0.2) is 24.3 Å². The molecule has 0 amide bonds. The van der Waals surface area contributed by atoms with Crippen LogP contribution in [0.1, 0.15) is 30.1 Å². The van der Waals surface area contributed by atoms with Crippen molar-refractivity contribution in [2.75, 3.05) is 6.54 Å². The second kappa shape index (κ2) is 5.89. The van der Waals surface area contributed by atoms with Gasteiger partial charge in [-0.1, -0.05) is 30.7 Å². The molecule has 0 aliphatic carbocycles. The molecular formula is C12H16ClNO. The summed E-state index contributed by atoms with van der Waals surface area (Å²) < 4.78 is 0. The second-order valence-electron chi connectivity index (χ2n) is 3.78. The van der Waals surface area contributed by atoms with Crippen molar-refractivity contribution in [1.82, 2.24) is 0 Å². The minimum atomic E-state index is 0.0981. The SMILES string of the molecule is CC(CN)CCC(=O)c1ccccc1Cl. The molecule has 3 heteroatoms. The van der Waals surface area contributed by atoms with E-state index in [9.17, 15) is 4.79 Å². The van der Waals surface area contributed by atoms with Crippen LogP contribution in [0.25, 0.3) is 0 Å². The maximum atomic E-state index is 11.8. The average Bonchev–Trinajstić information content (AvgIpc) is 2.26. The lowest BCUT2D eigenvalue weighted by Gasteiger charge is -2.07. The minimum Gasteiger partial charge on any atom is -0.330 e. The first-order valence-corrected chi connectivity index (χ1v) is 5.50. The Hall–Kier alpha value is -0.860. The Morgan fingerprint density at radius 2 is 2.13 bits per heavy atom. The molecule has 0 aliphatic heterocycles. The topological polar surface area (TPSA) is 43.1 Å². The third kappa shape index (κ3) is 3.65. The van der Waals surface area contributed by atoms with E-state index >= 15 is 0 Å². The molecule has 0 spiro atoms. The third-order valence-corrected chi connectivity index (χ3v) is 2.77. The Morgan fingerprint density at radius 1 is 1.47 bits per heavy atom. The zero-order valence-corrected chi connectivity index (χ0v) is 9.63. The van der Waals surface area contributed by atoms with Gasteiger partial charge in [0.2, 0.25) is 0 Å². The number of ketones is 1. The van der Waals surface area contributed by atoms with E-state index in [1.807, 2.05) is 19.1 Å². The van der Waals surface area contributed by atoms with Crippen LogP contribution in [0.5, 0.6) is 0 Å². The van der Waals surface area contributed by atoms with Crippen LogP contribution >= 0.6 is 11.6 Å². The number of Topliss-reactive ketones (excluding diaryl/α,β-unsaturated/α-hetero) is 1. The molecule has 1 aromatic carbocycles. The van der Waals surface area contributed by atoms with Gasteiger partial charge in [-0.2, -0.15) is 0 Å². The third-order valence-electron chi connectivity index (χ3n) is 2.44. The van der Waals surface area contributed by atoms with Crippen LogP contribution in [-0.4, -0.2) is 12.3 Å². The van der Waals surface area contributed by atoms with E-state index in [1.54, 1.807) is 12.1 Å². The van der Waals surface area contributed by atoms with Crippen LogP contribution in [0.4, 0.5) is 0 Å². The van der Waals surface area contributed by atoms with Gasteiger partial charge in [0.1, 0.15) is 0 Å². The van der Waals surface area contributed by atoms with Crippen molar-refractivity contribution in [3.05, 3.63) is 34.9 Å². The van der Waals surface area contributed by atoms with E-state index in [4.69, 9.17) is 17.3 Å². The highest BCUT2D eigenvalue weighted by atomic mass is 35.5. The normalized spacial score (nSPS) is 12.5. The molecule has 0 radical (unpaired) electrons. The number of hydrogen-bond donors (Lipinski definition) is 1. The molecule has 82 valence electrons. The summed E-state index contributed by atoms with van der Waals surface area (Å²) in [6, 6.07) is 7.14. The number of nitrogens with two attached hydrogens (primary N) is 1. The maximum absolute atomic E-state index is 11.8. The van der Waals surface area contributed by atoms with E-state index < -0.39 is 0 Å². The quantitative estimate of drug-likeness (QED) is 0.783. The van der Waals surface area contributed by atoms with Crippen molar-refractivity contribution in [2.45, 2.75) is 19.8 Å². The molecule has 15 heavy (non-hydrogen) atoms. The van der Waals surface area contributed by atoms with E-state index in [0.29, 0.717) is 29.5 Å². The molecule has 0 aromatic heterocycles. The number of halogens is 1. The summed E-state index contributed by atoms with van der Waals surface area (Å²) in [6.45, 7) is 2.66. The lowest BCUT2D eigenvalue weighted by Crippen LogP contribution is -2.12. The standard InChI is InChI=1S/C12H16ClNO/c1-9(8-14)6-7-12(15)10-4-2-3-5-11(10)13/h2-5,9H,6-8,14H2,1H3. The summed E-state index contributed by atoms with van der Waals surface area (Å²) >= 11 is 5.92. The Balaban J connectivity index is 2.58. The van der Waals surface area contributed by atoms with Crippen molar-refractivity contribution in [3.8, 4) is 0 Å². The van der Waals surface area contributed by atoms with Crippen LogP contribution < -0.4 is 5.73 Å². The number of hydrogen-bond acceptors (Lipinski definition) is 2. The van der Waals surface area contributed by atoms with Crippen molar-refractivity contribution in [1.29, 1.82) is 0 Å². The largest absolute Gasteiger partial charge is 0.330 e. The summed E-state index contributed by atoms with van der Waals surface area (Å²) in [5.41, 5.74) is 6.10. The molecule has 0 heterocycles. The fourth-order valence-electron chi connectivity index (χ4n) is 1.32. The summed E-state index contributed by atoms with van der Waals surface area (Å²) in [6.07, 6.45) is 1.34. The predicted octanol–water partition coefficient (Wildman–Crippen LogP) is 2.90. The fraction of sp³-hybridized carbons (Fsp3) is 0.417. The molecule has 0 saturated carbocycles. The highest BCUT2D eigenvalue weighted by Crippen LogP contribution is 2.18. The minimum absolute atomic E-state index is 0.0981. The summed E-state index contributed by atoms with van der Waals surface area (Å²) in [5.74, 6) is 0.484. The molecular weight excluding hydrogens is 210 g/mol. The molecule has 1 atom stereocenters. The van der Waals surface area contributed by atoms with Crippen molar-refractivity contribution in [2.24, 2.45) is 11.7 Å². The van der Waals surface area contributed by atoms with Gasteiger partial charge in [0.15, 0.2) is 5.78 Å². The Morgan fingerprint density at radius 3 is 2.73 bits per heavy atom. The Bertz CT molecular complexity index is 338. The highest BCUT2D eigenvalue weighted by Gasteiger charge is 2.10. The molecule has 0 fully saturated rings. The summed E-state index contributed by atoms with van der Waals surface area (Å²) in [5, 5.41) is 0.530.